The van der Waals surface area contributed by atoms with Gasteiger partial charge in [-0.3, -0.25) is 0 Å². The number of aliphatic hydroxyl groups excluding tert-OH is 1. The van der Waals surface area contributed by atoms with Gasteiger partial charge in [-0.05, 0) is 28.7 Å². The van der Waals surface area contributed by atoms with Crippen LogP contribution in [0.3, 0.4) is 0 Å². The normalized spacial score (nSPS) is 13.5. The van der Waals surface area contributed by atoms with Crippen LogP contribution in [0.4, 0.5) is 0 Å². The van der Waals surface area contributed by atoms with Crippen molar-refractivity contribution in [3.8, 4) is 10.4 Å². The van der Waals surface area contributed by atoms with Gasteiger partial charge in [-0.15, -0.1) is 11.3 Å². The second-order valence-corrected chi connectivity index (χ2v) is 8.42. The molecule has 0 aliphatic carbocycles. The molecule has 1 unspecified atom stereocenters. The zero-order chi connectivity index (χ0) is 15.8. The van der Waals surface area contributed by atoms with E-state index in [2.05, 4.69) is 20.8 Å². The Kier molecular flexibility index (Phi) is 6.43. The Bertz CT molecular complexity index is 728. The summed E-state index contributed by atoms with van der Waals surface area (Å²) < 4.78 is 32.5. The van der Waals surface area contributed by atoms with Crippen molar-refractivity contribution in [3.05, 3.63) is 46.8 Å². The fourth-order valence-corrected chi connectivity index (χ4v) is 3.66. The topological polar surface area (TPSA) is 77.4 Å². The molecule has 0 saturated carbocycles. The van der Waals surface area contributed by atoms with Gasteiger partial charge in [0.1, 0.15) is 10.1 Å². The molecule has 1 aromatic carbocycles. The van der Waals surface area contributed by atoms with E-state index >= 15 is 0 Å². The van der Waals surface area contributed by atoms with E-state index in [4.69, 9.17) is 0 Å². The van der Waals surface area contributed by atoms with Gasteiger partial charge in [0.25, 0.3) is 0 Å². The Morgan fingerprint density at radius 3 is 2.09 bits per heavy atom. The predicted molar refractivity (Wildman–Crippen MR) is 83.1 cm³/mol. The summed E-state index contributed by atoms with van der Waals surface area (Å²) in [7, 11) is -4.73. The van der Waals surface area contributed by atoms with E-state index in [0.717, 1.165) is 21.8 Å². The first-order valence-corrected chi connectivity index (χ1v) is 8.71. The molecule has 0 bridgehead atoms. The monoisotopic (exact) mass is 348 g/mol. The van der Waals surface area contributed by atoms with Gasteiger partial charge in [-0.1, -0.05) is 45.0 Å². The van der Waals surface area contributed by atoms with Crippen molar-refractivity contribution >= 4 is 21.5 Å². The zero-order valence-corrected chi connectivity index (χ0v) is 16.7. The van der Waals surface area contributed by atoms with Crippen LogP contribution in [0.1, 0.15) is 36.6 Å². The molecule has 0 amide bonds. The Morgan fingerprint density at radius 2 is 1.64 bits per heavy atom. The maximum Gasteiger partial charge on any atom is 1.00 e. The van der Waals surface area contributed by atoms with Crippen LogP contribution in [-0.4, -0.2) is 18.1 Å². The molecule has 1 heterocycles. The number of rotatable bonds is 3. The molecule has 0 spiro atoms. The molecular weight excluding hydrogens is 331 g/mol. The van der Waals surface area contributed by atoms with Gasteiger partial charge in [0, 0.05) is 9.75 Å². The molecule has 0 fully saturated rings. The largest absolute Gasteiger partial charge is 1.00 e. The molecule has 1 atom stereocenters. The van der Waals surface area contributed by atoms with E-state index in [0.29, 0.717) is 0 Å². The van der Waals surface area contributed by atoms with Gasteiger partial charge in [0.15, 0.2) is 5.44 Å². The second kappa shape index (κ2) is 7.13. The Balaban J connectivity index is 0.00000242. The zero-order valence-electron chi connectivity index (χ0n) is 13.0. The molecule has 0 saturated heterocycles. The van der Waals surface area contributed by atoms with E-state index in [1.165, 1.54) is 11.6 Å². The summed E-state index contributed by atoms with van der Waals surface area (Å²) in [6.07, 6.45) is 0. The molecule has 114 valence electrons. The molecule has 1 N–H and O–H groups in total. The van der Waals surface area contributed by atoms with Crippen LogP contribution in [0.25, 0.3) is 10.4 Å². The molecule has 2 rings (SSSR count). The minimum Gasteiger partial charge on any atom is -0.746 e. The van der Waals surface area contributed by atoms with Gasteiger partial charge in [0.2, 0.25) is 0 Å². The molecular formula is C15H17NaO4S2. The maximum atomic E-state index is 10.8. The quantitative estimate of drug-likeness (QED) is 0.637. The first-order valence-electron chi connectivity index (χ1n) is 6.42. The first kappa shape index (κ1) is 19.8. The van der Waals surface area contributed by atoms with Gasteiger partial charge in [-0.25, -0.2) is 8.42 Å². The van der Waals surface area contributed by atoms with Gasteiger partial charge >= 0.3 is 29.6 Å². The maximum absolute atomic E-state index is 10.8. The number of hydrogen-bond donors (Lipinski definition) is 1. The Hall–Kier alpha value is -0.210. The Morgan fingerprint density at radius 1 is 1.09 bits per heavy atom. The number of aliphatic hydroxyl groups is 1. The third-order valence-electron chi connectivity index (χ3n) is 3.18. The van der Waals surface area contributed by atoms with Crippen LogP contribution in [0.15, 0.2) is 36.4 Å². The number of benzene rings is 1. The van der Waals surface area contributed by atoms with Crippen LogP contribution in [-0.2, 0) is 15.5 Å². The van der Waals surface area contributed by atoms with Crippen LogP contribution < -0.4 is 29.6 Å². The minimum atomic E-state index is -4.73. The SMILES string of the molecule is CC(C)(C)c1ccc(-c2ccc(C(O)S(=O)(=O)[O-])s2)cc1.[Na+]. The van der Waals surface area contributed by atoms with Gasteiger partial charge in [0.05, 0.1) is 0 Å². The first-order chi connectivity index (χ1) is 9.59. The predicted octanol–water partition coefficient (Wildman–Crippen LogP) is 0.253. The van der Waals surface area contributed by atoms with Crippen LogP contribution in [0, 0.1) is 0 Å². The van der Waals surface area contributed by atoms with Gasteiger partial charge in [-0.2, -0.15) is 0 Å². The van der Waals surface area contributed by atoms with Crippen molar-refractivity contribution in [2.24, 2.45) is 0 Å². The molecule has 0 radical (unpaired) electrons. The second-order valence-electron chi connectivity index (χ2n) is 5.87. The third kappa shape index (κ3) is 4.64. The smallest absolute Gasteiger partial charge is 0.746 e. The molecule has 1 aromatic heterocycles. The summed E-state index contributed by atoms with van der Waals surface area (Å²) in [6, 6.07) is 11.1. The number of hydrogen-bond acceptors (Lipinski definition) is 5. The van der Waals surface area contributed by atoms with Crippen molar-refractivity contribution in [3.63, 3.8) is 0 Å². The third-order valence-corrected chi connectivity index (χ3v) is 5.32. The molecule has 22 heavy (non-hydrogen) atoms. The molecule has 2 aromatic rings. The summed E-state index contributed by atoms with van der Waals surface area (Å²) in [4.78, 5) is 0.952. The van der Waals surface area contributed by atoms with Crippen molar-refractivity contribution in [1.29, 1.82) is 0 Å². The molecule has 0 aliphatic heterocycles. The molecule has 7 heteroatoms. The van der Waals surface area contributed by atoms with E-state index in [1.807, 2.05) is 24.3 Å². The Labute approximate surface area is 157 Å². The van der Waals surface area contributed by atoms with E-state index < -0.39 is 15.6 Å². The van der Waals surface area contributed by atoms with Crippen molar-refractivity contribution in [1.82, 2.24) is 0 Å². The van der Waals surface area contributed by atoms with E-state index in [1.54, 1.807) is 6.07 Å². The van der Waals surface area contributed by atoms with Crippen LogP contribution in [0.2, 0.25) is 0 Å². The molecule has 0 aliphatic rings. The summed E-state index contributed by atoms with van der Waals surface area (Å²) in [5.41, 5.74) is 0.191. The van der Waals surface area contributed by atoms with Crippen molar-refractivity contribution in [2.45, 2.75) is 31.6 Å². The summed E-state index contributed by atoms with van der Waals surface area (Å²) >= 11 is 1.11. The standard InChI is InChI=1S/C15H18O4S2.Na/c1-15(2,3)11-6-4-10(5-7-11)12-8-9-13(20-12)14(16)21(17,18)19;/h4-9,14,16H,1-3H3,(H,17,18,19);/q;+1/p-1. The summed E-state index contributed by atoms with van der Waals surface area (Å²) in [5.74, 6) is 0. The minimum absolute atomic E-state index is 0. The number of thiophene rings is 1. The summed E-state index contributed by atoms with van der Waals surface area (Å²) in [5, 5.41) is 9.48. The van der Waals surface area contributed by atoms with Crippen molar-refractivity contribution in [2.75, 3.05) is 0 Å². The van der Waals surface area contributed by atoms with E-state index in [9.17, 15) is 18.1 Å². The average molecular weight is 348 g/mol. The van der Waals surface area contributed by atoms with Crippen LogP contribution in [0.5, 0.6) is 0 Å². The van der Waals surface area contributed by atoms with Crippen LogP contribution >= 0.6 is 11.3 Å². The van der Waals surface area contributed by atoms with E-state index in [-0.39, 0.29) is 39.8 Å². The van der Waals surface area contributed by atoms with Crippen molar-refractivity contribution < 1.29 is 47.6 Å². The fraction of sp³-hybridized carbons (Fsp3) is 0.333. The molecule has 4 nitrogen and oxygen atoms in total. The summed E-state index contributed by atoms with van der Waals surface area (Å²) in [6.45, 7) is 6.38. The fourth-order valence-electron chi connectivity index (χ4n) is 1.92. The van der Waals surface area contributed by atoms with Gasteiger partial charge < -0.3 is 9.66 Å². The average Bonchev–Trinajstić information content (AvgIpc) is 2.85.